The maximum Gasteiger partial charge on any atom is 0.337 e. The number of carboxylic acid groups (broad SMARTS) is 1. The summed E-state index contributed by atoms with van der Waals surface area (Å²) in [6.45, 7) is 8.53. The SMILES string of the molecule is CCN(CC)CC(C)Nc1cc([N+](=O)[O-])ccc1C(=O)O. The average Bonchev–Trinajstić information content (AvgIpc) is 2.44. The Morgan fingerprint density at radius 3 is 2.52 bits per heavy atom. The molecule has 0 aromatic heterocycles. The van der Waals surface area contributed by atoms with E-state index in [4.69, 9.17) is 5.11 Å². The molecule has 0 bridgehead atoms. The van der Waals surface area contributed by atoms with E-state index in [-0.39, 0.29) is 23.0 Å². The maximum atomic E-state index is 11.2. The maximum absolute atomic E-state index is 11.2. The summed E-state index contributed by atoms with van der Waals surface area (Å²) in [5.41, 5.74) is 0.181. The monoisotopic (exact) mass is 295 g/mol. The molecular formula is C14H21N3O4. The Morgan fingerprint density at radius 2 is 2.05 bits per heavy atom. The molecule has 0 fully saturated rings. The second-order valence-corrected chi connectivity index (χ2v) is 4.82. The Hall–Kier alpha value is -2.15. The van der Waals surface area contributed by atoms with E-state index < -0.39 is 10.9 Å². The minimum absolute atomic E-state index is 0.0231. The zero-order valence-electron chi connectivity index (χ0n) is 12.5. The fourth-order valence-corrected chi connectivity index (χ4v) is 2.13. The second-order valence-electron chi connectivity index (χ2n) is 4.82. The number of nitrogens with one attached hydrogen (secondary N) is 1. The molecule has 7 nitrogen and oxygen atoms in total. The molecule has 1 aromatic rings. The molecule has 1 rings (SSSR count). The van der Waals surface area contributed by atoms with Gasteiger partial charge in [-0.05, 0) is 26.1 Å². The first-order chi connectivity index (χ1) is 9.88. The predicted octanol–water partition coefficient (Wildman–Crippen LogP) is 2.44. The van der Waals surface area contributed by atoms with Crippen molar-refractivity contribution in [2.24, 2.45) is 0 Å². The summed E-state index contributed by atoms with van der Waals surface area (Å²) < 4.78 is 0. The summed E-state index contributed by atoms with van der Waals surface area (Å²) in [5, 5.41) is 23.0. The van der Waals surface area contributed by atoms with Crippen molar-refractivity contribution in [2.45, 2.75) is 26.8 Å². The van der Waals surface area contributed by atoms with Gasteiger partial charge in [0.25, 0.3) is 5.69 Å². The highest BCUT2D eigenvalue weighted by atomic mass is 16.6. The Morgan fingerprint density at radius 1 is 1.43 bits per heavy atom. The van der Waals surface area contributed by atoms with Gasteiger partial charge in [0.2, 0.25) is 0 Å². The van der Waals surface area contributed by atoms with E-state index in [2.05, 4.69) is 10.2 Å². The van der Waals surface area contributed by atoms with Gasteiger partial charge in [-0.1, -0.05) is 13.8 Å². The van der Waals surface area contributed by atoms with E-state index in [0.717, 1.165) is 19.6 Å². The minimum atomic E-state index is -1.11. The molecule has 0 aliphatic carbocycles. The van der Waals surface area contributed by atoms with Crippen molar-refractivity contribution in [3.05, 3.63) is 33.9 Å². The standard InChI is InChI=1S/C14H21N3O4/c1-4-16(5-2)9-10(3)15-13-8-11(17(20)21)6-7-12(13)14(18)19/h6-8,10,15H,4-5,9H2,1-3H3,(H,18,19). The lowest BCUT2D eigenvalue weighted by atomic mass is 10.1. The van der Waals surface area contributed by atoms with Crippen LogP contribution in [0.2, 0.25) is 0 Å². The molecule has 0 heterocycles. The van der Waals surface area contributed by atoms with Crippen LogP contribution in [0.4, 0.5) is 11.4 Å². The Kier molecular flexibility index (Phi) is 6.10. The van der Waals surface area contributed by atoms with E-state index >= 15 is 0 Å². The Balaban J connectivity index is 2.96. The molecular weight excluding hydrogens is 274 g/mol. The lowest BCUT2D eigenvalue weighted by molar-refractivity contribution is -0.384. The van der Waals surface area contributed by atoms with Crippen LogP contribution >= 0.6 is 0 Å². The molecule has 0 saturated heterocycles. The summed E-state index contributed by atoms with van der Waals surface area (Å²) in [6, 6.07) is 3.70. The first-order valence-electron chi connectivity index (χ1n) is 6.89. The molecule has 116 valence electrons. The van der Waals surface area contributed by atoms with Crippen molar-refractivity contribution in [2.75, 3.05) is 25.0 Å². The highest BCUT2D eigenvalue weighted by Crippen LogP contribution is 2.23. The number of likely N-dealkylation sites (N-methyl/N-ethyl adjacent to an activating group) is 1. The van der Waals surface area contributed by atoms with Crippen molar-refractivity contribution in [1.29, 1.82) is 0 Å². The van der Waals surface area contributed by atoms with Gasteiger partial charge in [0.15, 0.2) is 0 Å². The molecule has 1 aromatic carbocycles. The number of carbonyl (C=O) groups is 1. The topological polar surface area (TPSA) is 95.7 Å². The molecule has 0 aliphatic rings. The molecule has 1 unspecified atom stereocenters. The number of benzene rings is 1. The lowest BCUT2D eigenvalue weighted by Gasteiger charge is -2.24. The molecule has 2 N–H and O–H groups in total. The number of anilines is 1. The number of non-ortho nitro benzene ring substituents is 1. The van der Waals surface area contributed by atoms with Gasteiger partial charge < -0.3 is 15.3 Å². The Labute approximate surface area is 123 Å². The van der Waals surface area contributed by atoms with Gasteiger partial charge in [-0.15, -0.1) is 0 Å². The van der Waals surface area contributed by atoms with E-state index in [1.165, 1.54) is 18.2 Å². The third kappa shape index (κ3) is 4.71. The van der Waals surface area contributed by atoms with Crippen molar-refractivity contribution < 1.29 is 14.8 Å². The average molecular weight is 295 g/mol. The molecule has 0 aliphatic heterocycles. The van der Waals surface area contributed by atoms with Gasteiger partial charge in [-0.25, -0.2) is 4.79 Å². The van der Waals surface area contributed by atoms with Crippen LogP contribution < -0.4 is 5.32 Å². The fraction of sp³-hybridized carbons (Fsp3) is 0.500. The van der Waals surface area contributed by atoms with E-state index in [1.54, 1.807) is 0 Å². The third-order valence-electron chi connectivity index (χ3n) is 3.27. The summed E-state index contributed by atoms with van der Waals surface area (Å²) in [5.74, 6) is -1.11. The third-order valence-corrected chi connectivity index (χ3v) is 3.27. The van der Waals surface area contributed by atoms with Crippen LogP contribution in [0, 0.1) is 10.1 Å². The molecule has 1 atom stereocenters. The van der Waals surface area contributed by atoms with Gasteiger partial charge in [0, 0.05) is 24.7 Å². The van der Waals surface area contributed by atoms with Crippen molar-refractivity contribution in [1.82, 2.24) is 4.90 Å². The van der Waals surface area contributed by atoms with Gasteiger partial charge in [-0.2, -0.15) is 0 Å². The van der Waals surface area contributed by atoms with Gasteiger partial charge >= 0.3 is 5.97 Å². The van der Waals surface area contributed by atoms with Crippen LogP contribution in [0.5, 0.6) is 0 Å². The van der Waals surface area contributed by atoms with Crippen molar-refractivity contribution >= 4 is 17.3 Å². The molecule has 0 spiro atoms. The van der Waals surface area contributed by atoms with Crippen LogP contribution in [-0.2, 0) is 0 Å². The normalized spacial score (nSPS) is 12.2. The fourth-order valence-electron chi connectivity index (χ4n) is 2.13. The number of hydrogen-bond donors (Lipinski definition) is 2. The summed E-state index contributed by atoms with van der Waals surface area (Å²) in [4.78, 5) is 23.7. The van der Waals surface area contributed by atoms with E-state index in [1.807, 2.05) is 20.8 Å². The Bertz CT molecular complexity index is 515. The minimum Gasteiger partial charge on any atom is -0.478 e. The summed E-state index contributed by atoms with van der Waals surface area (Å²) >= 11 is 0. The quantitative estimate of drug-likeness (QED) is 0.565. The summed E-state index contributed by atoms with van der Waals surface area (Å²) in [7, 11) is 0. The van der Waals surface area contributed by atoms with Crippen LogP contribution in [-0.4, -0.2) is 46.6 Å². The van der Waals surface area contributed by atoms with Crippen LogP contribution in [0.3, 0.4) is 0 Å². The molecule has 0 radical (unpaired) electrons. The van der Waals surface area contributed by atoms with Crippen LogP contribution in [0.15, 0.2) is 18.2 Å². The highest BCUT2D eigenvalue weighted by Gasteiger charge is 2.17. The first-order valence-corrected chi connectivity index (χ1v) is 6.89. The van der Waals surface area contributed by atoms with E-state index in [9.17, 15) is 14.9 Å². The number of nitro groups is 1. The molecule has 0 saturated carbocycles. The number of nitrogens with zero attached hydrogens (tertiary/aromatic N) is 2. The summed E-state index contributed by atoms with van der Waals surface area (Å²) in [6.07, 6.45) is 0. The molecule has 0 amide bonds. The molecule has 7 heteroatoms. The zero-order valence-corrected chi connectivity index (χ0v) is 12.5. The number of nitro benzene ring substituents is 1. The highest BCUT2D eigenvalue weighted by molar-refractivity contribution is 5.94. The predicted molar refractivity (Wildman–Crippen MR) is 80.9 cm³/mol. The smallest absolute Gasteiger partial charge is 0.337 e. The molecule has 21 heavy (non-hydrogen) atoms. The number of aromatic carboxylic acids is 1. The van der Waals surface area contributed by atoms with Gasteiger partial charge in [-0.3, -0.25) is 10.1 Å². The van der Waals surface area contributed by atoms with Crippen molar-refractivity contribution in [3.63, 3.8) is 0 Å². The van der Waals surface area contributed by atoms with Crippen molar-refractivity contribution in [3.8, 4) is 0 Å². The van der Waals surface area contributed by atoms with Crippen LogP contribution in [0.25, 0.3) is 0 Å². The number of rotatable bonds is 8. The van der Waals surface area contributed by atoms with Crippen LogP contribution in [0.1, 0.15) is 31.1 Å². The van der Waals surface area contributed by atoms with Gasteiger partial charge in [0.05, 0.1) is 16.2 Å². The zero-order chi connectivity index (χ0) is 16.0. The first kappa shape index (κ1) is 16.9. The van der Waals surface area contributed by atoms with E-state index in [0.29, 0.717) is 0 Å². The largest absolute Gasteiger partial charge is 0.478 e. The van der Waals surface area contributed by atoms with Gasteiger partial charge in [0.1, 0.15) is 0 Å². The second kappa shape index (κ2) is 7.58. The number of carboxylic acids is 1. The number of hydrogen-bond acceptors (Lipinski definition) is 5. The lowest BCUT2D eigenvalue weighted by Crippen LogP contribution is -2.35.